The number of imidazole rings is 1. The van der Waals surface area contributed by atoms with E-state index in [1.807, 2.05) is 121 Å². The summed E-state index contributed by atoms with van der Waals surface area (Å²) in [5.74, 6) is 3.29. The quantitative estimate of drug-likeness (QED) is 0.179. The summed E-state index contributed by atoms with van der Waals surface area (Å²) in [6.45, 7) is 4.44. The number of nitrogens with zero attached hydrogens (tertiary/aromatic N) is 4. The molecule has 278 valence electrons. The Labute approximate surface area is 330 Å². The zero-order valence-corrected chi connectivity index (χ0v) is 31.9. The Balaban J connectivity index is 0.000000112. The molecule has 57 heavy (non-hydrogen) atoms. The molecule has 8 nitrogen and oxygen atoms in total. The highest BCUT2D eigenvalue weighted by Crippen LogP contribution is 2.43. The topological polar surface area (TPSA) is 86.0 Å². The van der Waals surface area contributed by atoms with Crippen LogP contribution in [-0.2, 0) is 5.41 Å². The van der Waals surface area contributed by atoms with E-state index in [2.05, 4.69) is 55.2 Å². The molecule has 0 N–H and O–H groups in total. The van der Waals surface area contributed by atoms with Crippen LogP contribution in [0.1, 0.15) is 51.3 Å². The van der Waals surface area contributed by atoms with Gasteiger partial charge in [0.05, 0.1) is 47.8 Å². The molecule has 0 spiro atoms. The molecule has 0 unspecified atom stereocenters. The van der Waals surface area contributed by atoms with Crippen molar-refractivity contribution in [3.63, 3.8) is 0 Å². The maximum Gasteiger partial charge on any atom is 0.264 e. The first-order chi connectivity index (χ1) is 27.8. The minimum atomic E-state index is -0.0431. The largest absolute Gasteiger partial charge is 0.497 e. The van der Waals surface area contributed by atoms with Crippen LogP contribution in [0.3, 0.4) is 0 Å². The highest BCUT2D eigenvalue weighted by Gasteiger charge is 2.38. The second-order valence-corrected chi connectivity index (χ2v) is 14.5. The van der Waals surface area contributed by atoms with Gasteiger partial charge in [-0.15, -0.1) is 0 Å². The number of benzene rings is 7. The lowest BCUT2D eigenvalue weighted by atomic mass is 9.78. The summed E-state index contributed by atoms with van der Waals surface area (Å²) in [6, 6.07) is 51.5. The van der Waals surface area contributed by atoms with E-state index in [1.165, 1.54) is 11.1 Å². The van der Waals surface area contributed by atoms with Crippen LogP contribution in [0.15, 0.2) is 163 Å². The highest BCUT2D eigenvalue weighted by atomic mass is 16.5. The van der Waals surface area contributed by atoms with Crippen molar-refractivity contribution in [2.45, 2.75) is 19.3 Å². The van der Waals surface area contributed by atoms with Gasteiger partial charge in [-0.25, -0.2) is 9.98 Å². The molecule has 8 aromatic rings. The molecule has 3 aliphatic heterocycles. The van der Waals surface area contributed by atoms with Crippen molar-refractivity contribution in [3.8, 4) is 22.9 Å². The van der Waals surface area contributed by atoms with Crippen LogP contribution in [0, 0.1) is 0 Å². The van der Waals surface area contributed by atoms with E-state index < -0.39 is 0 Å². The molecular formula is C49H38N4O4. The predicted molar refractivity (Wildman–Crippen MR) is 226 cm³/mol. The fourth-order valence-corrected chi connectivity index (χ4v) is 7.81. The third-order valence-electron chi connectivity index (χ3n) is 10.9. The number of fused-ring (bicyclic) bond motifs is 9. The number of amides is 1. The molecule has 7 aromatic carbocycles. The van der Waals surface area contributed by atoms with Crippen LogP contribution in [0.2, 0.25) is 0 Å². The van der Waals surface area contributed by atoms with Gasteiger partial charge in [-0.05, 0) is 77.2 Å². The summed E-state index contributed by atoms with van der Waals surface area (Å²) < 4.78 is 12.1. The lowest BCUT2D eigenvalue weighted by molar-refractivity contribution is 0.0971. The summed E-state index contributed by atoms with van der Waals surface area (Å²) in [5, 5.41) is 2.15. The van der Waals surface area contributed by atoms with Crippen molar-refractivity contribution < 1.29 is 19.1 Å². The number of carbonyl (C=O) groups is 2. The molecule has 11 rings (SSSR count). The number of methoxy groups -OCH3 is 2. The first-order valence-corrected chi connectivity index (χ1v) is 18.7. The smallest absolute Gasteiger partial charge is 0.264 e. The van der Waals surface area contributed by atoms with E-state index >= 15 is 0 Å². The third-order valence-corrected chi connectivity index (χ3v) is 10.9. The number of aromatic nitrogens is 2. The van der Waals surface area contributed by atoms with Gasteiger partial charge in [0, 0.05) is 21.9 Å². The Bertz CT molecular complexity index is 2840. The molecule has 0 saturated carbocycles. The van der Waals surface area contributed by atoms with E-state index in [4.69, 9.17) is 14.5 Å². The van der Waals surface area contributed by atoms with Gasteiger partial charge >= 0.3 is 0 Å². The number of aliphatic imine (C=N–C) groups is 1. The Morgan fingerprint density at radius 1 is 0.544 bits per heavy atom. The van der Waals surface area contributed by atoms with Gasteiger partial charge in [0.2, 0.25) is 0 Å². The van der Waals surface area contributed by atoms with E-state index in [9.17, 15) is 9.59 Å². The summed E-state index contributed by atoms with van der Waals surface area (Å²) in [4.78, 5) is 36.0. The standard InChI is InChI=1S/C18H10N2O.C17H20O2.C14H8N2O/c21-18-13-8-2-1-7-12(13)17-19-14-9-3-5-11-6-4-10-15(16(11)14)20(17)18;1-17(2,13-5-9-15(18-3)10-6-13)14-7-11-16(19-4)12-8-14;17-14-10-6-2-1-5-9(10)13-15-11-7-3-4-8-12(11)16(13)14/h1-10H;5-12H,1-4H3;1-8H. The minimum absolute atomic E-state index is 0.00588. The van der Waals surface area contributed by atoms with Gasteiger partial charge < -0.3 is 9.47 Å². The highest BCUT2D eigenvalue weighted by molar-refractivity contribution is 6.39. The zero-order chi connectivity index (χ0) is 39.3. The van der Waals surface area contributed by atoms with Gasteiger partial charge in [-0.2, -0.15) is 0 Å². The number of anilines is 1. The lowest BCUT2D eigenvalue weighted by Crippen LogP contribution is -2.31. The van der Waals surface area contributed by atoms with Gasteiger partial charge in [0.25, 0.3) is 11.8 Å². The van der Waals surface area contributed by atoms with Crippen LogP contribution in [0.5, 0.6) is 11.5 Å². The summed E-state index contributed by atoms with van der Waals surface area (Å²) in [5.41, 5.74) is 9.38. The number of ether oxygens (including phenoxy) is 2. The Morgan fingerprint density at radius 3 is 1.72 bits per heavy atom. The Kier molecular flexibility index (Phi) is 8.74. The third kappa shape index (κ3) is 5.94. The molecule has 0 atom stereocenters. The molecule has 0 aliphatic carbocycles. The number of hydrogen-bond donors (Lipinski definition) is 0. The van der Waals surface area contributed by atoms with E-state index in [0.717, 1.165) is 78.6 Å². The average Bonchev–Trinajstić information content (AvgIpc) is 3.88. The molecule has 4 heterocycles. The van der Waals surface area contributed by atoms with Crippen molar-refractivity contribution in [2.24, 2.45) is 4.99 Å². The Morgan fingerprint density at radius 2 is 1.09 bits per heavy atom. The number of hydrogen-bond acceptors (Lipinski definition) is 6. The lowest BCUT2D eigenvalue weighted by Gasteiger charge is -2.26. The van der Waals surface area contributed by atoms with Gasteiger partial charge in [-0.3, -0.25) is 19.1 Å². The van der Waals surface area contributed by atoms with Crippen LogP contribution < -0.4 is 14.4 Å². The molecular weight excluding hydrogens is 709 g/mol. The molecule has 0 fully saturated rings. The molecule has 0 radical (unpaired) electrons. The molecule has 8 heteroatoms. The SMILES string of the molecule is COc1ccc(C(C)(C)c2ccc(OC)cc2)cc1.O=C1c2ccccc2-c2nc3ccccc3n21.O=C1c2ccccc2C2=Nc3cccc4cccc(c34)N12. The summed E-state index contributed by atoms with van der Waals surface area (Å²) in [6.07, 6.45) is 0. The monoisotopic (exact) mass is 746 g/mol. The first kappa shape index (κ1) is 35.4. The fraction of sp³-hybridized carbons (Fsp3) is 0.102. The molecule has 0 saturated heterocycles. The van der Waals surface area contributed by atoms with Gasteiger partial charge in [0.1, 0.15) is 23.2 Å². The van der Waals surface area contributed by atoms with Crippen molar-refractivity contribution in [1.29, 1.82) is 0 Å². The van der Waals surface area contributed by atoms with Crippen LogP contribution in [-0.4, -0.2) is 41.4 Å². The molecule has 3 aliphatic rings. The maximum absolute atomic E-state index is 12.7. The predicted octanol–water partition coefficient (Wildman–Crippen LogP) is 10.6. The van der Waals surface area contributed by atoms with E-state index in [0.29, 0.717) is 0 Å². The van der Waals surface area contributed by atoms with Gasteiger partial charge in [0.15, 0.2) is 0 Å². The minimum Gasteiger partial charge on any atom is -0.497 e. The number of para-hydroxylation sites is 2. The van der Waals surface area contributed by atoms with Crippen molar-refractivity contribution in [3.05, 3.63) is 186 Å². The second kappa shape index (κ2) is 14.1. The zero-order valence-electron chi connectivity index (χ0n) is 31.9. The van der Waals surface area contributed by atoms with E-state index in [-0.39, 0.29) is 17.2 Å². The van der Waals surface area contributed by atoms with Crippen molar-refractivity contribution in [1.82, 2.24) is 9.55 Å². The van der Waals surface area contributed by atoms with E-state index in [1.54, 1.807) is 23.7 Å². The molecule has 1 amide bonds. The fourth-order valence-electron chi connectivity index (χ4n) is 7.81. The first-order valence-electron chi connectivity index (χ1n) is 18.7. The van der Waals surface area contributed by atoms with Crippen LogP contribution in [0.25, 0.3) is 33.2 Å². The molecule has 0 bridgehead atoms. The summed E-state index contributed by atoms with van der Waals surface area (Å²) in [7, 11) is 3.37. The Hall–Kier alpha value is -7.32. The molecule has 1 aromatic heterocycles. The van der Waals surface area contributed by atoms with Crippen LogP contribution >= 0.6 is 0 Å². The number of carbonyl (C=O) groups excluding carboxylic acids is 2. The maximum atomic E-state index is 12.7. The average molecular weight is 747 g/mol. The normalized spacial score (nSPS) is 13.1. The van der Waals surface area contributed by atoms with Crippen LogP contribution in [0.4, 0.5) is 11.4 Å². The summed E-state index contributed by atoms with van der Waals surface area (Å²) >= 11 is 0. The number of rotatable bonds is 4. The van der Waals surface area contributed by atoms with Crippen molar-refractivity contribution in [2.75, 3.05) is 19.1 Å². The number of amidine groups is 1. The van der Waals surface area contributed by atoms with Crippen molar-refractivity contribution >= 4 is 50.8 Å². The second-order valence-electron chi connectivity index (χ2n) is 14.5. The van der Waals surface area contributed by atoms with Gasteiger partial charge in [-0.1, -0.05) is 111 Å².